The Morgan fingerprint density at radius 3 is 2.30 bits per heavy atom. The number of fused-ring (bicyclic) bond motifs is 1. The average Bonchev–Trinajstić information content (AvgIpc) is 3.18. The lowest BCUT2D eigenvalue weighted by Gasteiger charge is -2.22. The Balaban J connectivity index is 1.71. The van der Waals surface area contributed by atoms with Crippen molar-refractivity contribution in [1.82, 2.24) is 10.6 Å². The Morgan fingerprint density at radius 2 is 1.70 bits per heavy atom. The van der Waals surface area contributed by atoms with Crippen LogP contribution in [0.3, 0.4) is 0 Å². The Labute approximate surface area is 252 Å². The van der Waals surface area contributed by atoms with Crippen LogP contribution < -0.4 is 38.6 Å². The number of hydrogen-bond donors (Lipinski definition) is 7. The Kier molecular flexibility index (Phi) is 11.6. The van der Waals surface area contributed by atoms with E-state index in [1.165, 1.54) is 12.1 Å². The monoisotopic (exact) mass is 624 g/mol. The minimum Gasteiger partial charge on any atom is -0.423 e. The normalized spacial score (nSPS) is 15.5. The van der Waals surface area contributed by atoms with Crippen LogP contribution in [0, 0.1) is 0 Å². The predicted octanol–water partition coefficient (Wildman–Crippen LogP) is 0.384. The average molecular weight is 624 g/mol. The molecule has 0 fully saturated rings. The zero-order chi connectivity index (χ0) is 31.9. The number of carbonyl (C=O) groups excluding carboxylic acids is 3. The molecular weight excluding hydrogens is 588 g/mol. The molecule has 0 radical (unpaired) electrons. The molecular formula is C27H36BF3N6O5S. The number of amides is 3. The van der Waals surface area contributed by atoms with Gasteiger partial charge < -0.3 is 42.8 Å². The summed E-state index contributed by atoms with van der Waals surface area (Å²) in [6, 6.07) is 6.57. The molecule has 3 amide bonds. The van der Waals surface area contributed by atoms with Gasteiger partial charge in [0, 0.05) is 35.8 Å². The zero-order valence-electron chi connectivity index (χ0n) is 23.7. The van der Waals surface area contributed by atoms with Gasteiger partial charge in [0.1, 0.15) is 6.04 Å². The quantitative estimate of drug-likeness (QED) is 0.122. The molecule has 3 rings (SSSR count). The molecule has 2 aromatic carbocycles. The number of thioether (sulfide) groups is 1. The van der Waals surface area contributed by atoms with E-state index in [0.717, 1.165) is 23.9 Å². The number of rotatable bonds is 13. The third-order valence-corrected chi connectivity index (χ3v) is 7.93. The van der Waals surface area contributed by atoms with Crippen molar-refractivity contribution in [2.45, 2.75) is 61.5 Å². The Hall–Kier alpha value is -3.15. The van der Waals surface area contributed by atoms with Gasteiger partial charge in [0.2, 0.25) is 17.7 Å². The van der Waals surface area contributed by atoms with Crippen molar-refractivity contribution < 1.29 is 37.2 Å². The maximum atomic E-state index is 13.4. The molecule has 1 aliphatic heterocycles. The van der Waals surface area contributed by atoms with Crippen LogP contribution in [0.5, 0.6) is 0 Å². The summed E-state index contributed by atoms with van der Waals surface area (Å²) in [5.74, 6) is -1.72. The first-order chi connectivity index (χ1) is 20.1. The molecule has 11 nitrogen and oxygen atoms in total. The molecule has 1 aliphatic rings. The molecule has 1 heterocycles. The lowest BCUT2D eigenvalue weighted by Crippen LogP contribution is -2.51. The number of alkyl halides is 3. The summed E-state index contributed by atoms with van der Waals surface area (Å²) in [5, 5.41) is 18.1. The van der Waals surface area contributed by atoms with Crippen LogP contribution >= 0.6 is 11.8 Å². The molecule has 10 N–H and O–H groups in total. The minimum atomic E-state index is -4.49. The highest BCUT2D eigenvalue weighted by Crippen LogP contribution is 2.32. The van der Waals surface area contributed by atoms with E-state index in [1.807, 2.05) is 0 Å². The van der Waals surface area contributed by atoms with Crippen molar-refractivity contribution in [2.24, 2.45) is 17.2 Å². The van der Waals surface area contributed by atoms with Gasteiger partial charge in [0.05, 0.1) is 23.2 Å². The van der Waals surface area contributed by atoms with Crippen LogP contribution in [0.4, 0.5) is 18.9 Å². The molecule has 0 saturated heterocycles. The maximum absolute atomic E-state index is 13.4. The van der Waals surface area contributed by atoms with Gasteiger partial charge in [-0.25, -0.2) is 0 Å². The Bertz CT molecular complexity index is 1300. The summed E-state index contributed by atoms with van der Waals surface area (Å²) < 4.78 is 44.4. The number of benzene rings is 2. The lowest BCUT2D eigenvalue weighted by atomic mass is 9.78. The fourth-order valence-electron chi connectivity index (χ4n) is 4.32. The molecule has 0 aliphatic carbocycles. The number of nitrogens with one attached hydrogen (secondary N) is 3. The number of carbonyl (C=O) groups is 3. The number of hydrogen-bond acceptors (Lipinski definition) is 9. The van der Waals surface area contributed by atoms with Gasteiger partial charge >= 0.3 is 13.3 Å². The van der Waals surface area contributed by atoms with Crippen molar-refractivity contribution in [3.63, 3.8) is 0 Å². The van der Waals surface area contributed by atoms with Crippen LogP contribution in [-0.4, -0.2) is 66.8 Å². The van der Waals surface area contributed by atoms with Gasteiger partial charge in [-0.3, -0.25) is 14.4 Å². The molecule has 2 atom stereocenters. The summed E-state index contributed by atoms with van der Waals surface area (Å²) >= 11 is 1.07. The van der Waals surface area contributed by atoms with Crippen molar-refractivity contribution in [3.05, 3.63) is 53.6 Å². The van der Waals surface area contributed by atoms with E-state index in [9.17, 15) is 32.6 Å². The first-order valence-electron chi connectivity index (χ1n) is 13.5. The highest BCUT2D eigenvalue weighted by molar-refractivity contribution is 7.99. The number of halogens is 3. The van der Waals surface area contributed by atoms with Crippen molar-refractivity contribution in [2.75, 3.05) is 24.2 Å². The van der Waals surface area contributed by atoms with Crippen molar-refractivity contribution >= 4 is 47.8 Å². The summed E-state index contributed by atoms with van der Waals surface area (Å²) in [5.41, 5.74) is 17.0. The number of nitrogens with two attached hydrogens (primary N) is 3. The predicted molar refractivity (Wildman–Crippen MR) is 158 cm³/mol. The standard InChI is InChI=1S/C27H36BF3N6O5S/c1-26(2)19-11-16(5-8-20(19)28(41)42-26)36-25(40)22(14-43-18-6-3-15(4-7-18)27(29,30)31)37-24(39)21(34)9-10-23(38)35-17(12-32)13-33/h3-8,11,17,21-22,41H,9-10,12-14,32-34H2,1-2H3,(H,35,38)(H,36,40)(H,37,39)/t21-,22+/m0/s1. The molecule has 0 aromatic heterocycles. The van der Waals surface area contributed by atoms with Gasteiger partial charge in [0.15, 0.2) is 0 Å². The molecule has 0 spiro atoms. The molecule has 2 aromatic rings. The second-order valence-corrected chi connectivity index (χ2v) is 11.6. The number of anilines is 1. The van der Waals surface area contributed by atoms with Crippen LogP contribution in [0.25, 0.3) is 0 Å². The fourth-order valence-corrected chi connectivity index (χ4v) is 5.24. The Morgan fingerprint density at radius 1 is 1.05 bits per heavy atom. The van der Waals surface area contributed by atoms with E-state index in [2.05, 4.69) is 16.0 Å². The molecule has 0 saturated carbocycles. The zero-order valence-corrected chi connectivity index (χ0v) is 24.6. The van der Waals surface area contributed by atoms with Gasteiger partial charge in [-0.1, -0.05) is 6.07 Å². The molecule has 16 heteroatoms. The maximum Gasteiger partial charge on any atom is 0.492 e. The summed E-state index contributed by atoms with van der Waals surface area (Å²) in [7, 11) is -1.11. The highest BCUT2D eigenvalue weighted by Gasteiger charge is 2.40. The molecule has 0 bridgehead atoms. The summed E-state index contributed by atoms with van der Waals surface area (Å²) in [6.45, 7) is 3.84. The first-order valence-corrected chi connectivity index (χ1v) is 14.5. The second-order valence-electron chi connectivity index (χ2n) is 10.5. The topological polar surface area (TPSA) is 195 Å². The van der Waals surface area contributed by atoms with E-state index >= 15 is 0 Å². The third-order valence-electron chi connectivity index (χ3n) is 6.83. The molecule has 43 heavy (non-hydrogen) atoms. The van der Waals surface area contributed by atoms with E-state index in [0.29, 0.717) is 21.6 Å². The van der Waals surface area contributed by atoms with Crippen LogP contribution in [0.1, 0.15) is 37.8 Å². The smallest absolute Gasteiger partial charge is 0.423 e. The molecule has 0 unspecified atom stereocenters. The van der Waals surface area contributed by atoms with Crippen LogP contribution in [-0.2, 0) is 30.8 Å². The minimum absolute atomic E-state index is 0.0256. The van der Waals surface area contributed by atoms with E-state index in [4.69, 9.17) is 21.9 Å². The third kappa shape index (κ3) is 9.42. The van der Waals surface area contributed by atoms with Crippen molar-refractivity contribution in [3.8, 4) is 0 Å². The van der Waals surface area contributed by atoms with Gasteiger partial charge in [-0.15, -0.1) is 11.8 Å². The first kappa shape index (κ1) is 34.3. The summed E-state index contributed by atoms with van der Waals surface area (Å²) in [6.07, 6.45) is -4.60. The van der Waals surface area contributed by atoms with Crippen molar-refractivity contribution in [1.29, 1.82) is 0 Å². The fraction of sp³-hybridized carbons (Fsp3) is 0.444. The van der Waals surface area contributed by atoms with E-state index < -0.39 is 54.4 Å². The molecule has 234 valence electrons. The SMILES string of the molecule is CC1(C)OB(O)c2ccc(NC(=O)[C@@H](CSc3ccc(C(F)(F)F)cc3)NC(=O)[C@@H](N)CCC(=O)NC(CN)CN)cc21. The lowest BCUT2D eigenvalue weighted by molar-refractivity contribution is -0.137. The van der Waals surface area contributed by atoms with Crippen LogP contribution in [0.2, 0.25) is 0 Å². The van der Waals surface area contributed by atoms with Gasteiger partial charge in [0.25, 0.3) is 0 Å². The largest absolute Gasteiger partial charge is 0.492 e. The van der Waals surface area contributed by atoms with Gasteiger partial charge in [-0.05, 0) is 67.7 Å². The van der Waals surface area contributed by atoms with Gasteiger partial charge in [-0.2, -0.15) is 13.2 Å². The second kappa shape index (κ2) is 14.6. The van der Waals surface area contributed by atoms with E-state index in [1.54, 1.807) is 32.0 Å². The van der Waals surface area contributed by atoms with E-state index in [-0.39, 0.29) is 37.6 Å². The van der Waals surface area contributed by atoms with Crippen LogP contribution in [0.15, 0.2) is 47.4 Å². The highest BCUT2D eigenvalue weighted by atomic mass is 32.2. The summed E-state index contributed by atoms with van der Waals surface area (Å²) in [4.78, 5) is 38.9.